The van der Waals surface area contributed by atoms with Crippen LogP contribution in [0.2, 0.25) is 0 Å². The third kappa shape index (κ3) is 6.11. The van der Waals surface area contributed by atoms with Crippen LogP contribution < -0.4 is 4.90 Å². The lowest BCUT2D eigenvalue weighted by molar-refractivity contribution is -0.129. The van der Waals surface area contributed by atoms with Crippen LogP contribution in [0.1, 0.15) is 25.8 Å². The van der Waals surface area contributed by atoms with Crippen LogP contribution in [0.4, 0.5) is 5.69 Å². The topological polar surface area (TPSA) is 53.1 Å². The van der Waals surface area contributed by atoms with E-state index in [9.17, 15) is 9.59 Å². The Balaban J connectivity index is 1.87. The van der Waals surface area contributed by atoms with Crippen molar-refractivity contribution >= 4 is 17.5 Å². The van der Waals surface area contributed by atoms with Crippen molar-refractivity contribution in [1.29, 1.82) is 0 Å². The molecular weight excluding hydrogens is 330 g/mol. The molecule has 1 aliphatic heterocycles. The maximum Gasteiger partial charge on any atom is 0.228 e. The minimum atomic E-state index is 0.0182. The van der Waals surface area contributed by atoms with Gasteiger partial charge in [0.2, 0.25) is 11.8 Å². The molecule has 2 amide bonds. The van der Waals surface area contributed by atoms with Gasteiger partial charge >= 0.3 is 0 Å². The Hall–Kier alpha value is -1.92. The molecule has 0 radical (unpaired) electrons. The van der Waals surface area contributed by atoms with Crippen LogP contribution in [-0.4, -0.2) is 74.1 Å². The molecule has 1 aromatic rings. The first kappa shape index (κ1) is 20.4. The van der Waals surface area contributed by atoms with E-state index < -0.39 is 0 Å². The maximum absolute atomic E-state index is 12.7. The summed E-state index contributed by atoms with van der Waals surface area (Å²) in [6.07, 6.45) is 0.338. The highest BCUT2D eigenvalue weighted by atomic mass is 16.5. The number of benzene rings is 1. The van der Waals surface area contributed by atoms with Gasteiger partial charge in [-0.2, -0.15) is 0 Å². The second-order valence-corrected chi connectivity index (χ2v) is 6.69. The van der Waals surface area contributed by atoms with Gasteiger partial charge in [0.15, 0.2) is 0 Å². The molecule has 0 unspecified atom stereocenters. The summed E-state index contributed by atoms with van der Waals surface area (Å²) in [6.45, 7) is 11.4. The molecule has 1 aliphatic rings. The molecular formula is C20H31N3O3. The molecule has 2 rings (SSSR count). The van der Waals surface area contributed by atoms with Crippen molar-refractivity contribution in [3.63, 3.8) is 0 Å². The van der Waals surface area contributed by atoms with Gasteiger partial charge < -0.3 is 14.5 Å². The van der Waals surface area contributed by atoms with Crippen LogP contribution in [0.25, 0.3) is 0 Å². The van der Waals surface area contributed by atoms with Gasteiger partial charge in [-0.25, -0.2) is 0 Å². The predicted molar refractivity (Wildman–Crippen MR) is 103 cm³/mol. The summed E-state index contributed by atoms with van der Waals surface area (Å²) in [4.78, 5) is 30.5. The van der Waals surface area contributed by atoms with Gasteiger partial charge in [0.1, 0.15) is 0 Å². The van der Waals surface area contributed by atoms with Gasteiger partial charge in [-0.3, -0.25) is 14.5 Å². The average Bonchev–Trinajstić information content (AvgIpc) is 2.63. The molecule has 0 aromatic heterocycles. The number of morpholine rings is 1. The first-order chi connectivity index (χ1) is 12.5. The van der Waals surface area contributed by atoms with Crippen LogP contribution in [0.15, 0.2) is 24.3 Å². The molecule has 1 heterocycles. The Kier molecular flexibility index (Phi) is 8.06. The molecule has 0 bridgehead atoms. The lowest BCUT2D eigenvalue weighted by Crippen LogP contribution is -2.43. The fourth-order valence-electron chi connectivity index (χ4n) is 3.18. The molecule has 0 atom stereocenters. The number of carbonyl (C=O) groups is 2. The van der Waals surface area contributed by atoms with Gasteiger partial charge in [-0.05, 0) is 31.5 Å². The summed E-state index contributed by atoms with van der Waals surface area (Å²) >= 11 is 0. The second-order valence-electron chi connectivity index (χ2n) is 6.69. The van der Waals surface area contributed by atoms with Crippen molar-refractivity contribution in [2.24, 2.45) is 0 Å². The highest BCUT2D eigenvalue weighted by Gasteiger charge is 2.18. The number of carbonyl (C=O) groups excluding carboxylic acids is 2. The Morgan fingerprint density at radius 1 is 1.19 bits per heavy atom. The molecule has 0 N–H and O–H groups in total. The Bertz CT molecular complexity index is 600. The van der Waals surface area contributed by atoms with Crippen molar-refractivity contribution in [1.82, 2.24) is 9.80 Å². The van der Waals surface area contributed by atoms with Crippen LogP contribution >= 0.6 is 0 Å². The Morgan fingerprint density at radius 2 is 1.92 bits per heavy atom. The molecule has 1 aromatic carbocycles. The SMILES string of the molecule is CCN(C(=O)CCN(CCN1CCOCC1)C(C)=O)c1cccc(C)c1. The van der Waals surface area contributed by atoms with Crippen LogP contribution in [0.5, 0.6) is 0 Å². The van der Waals surface area contributed by atoms with Crippen LogP contribution in [-0.2, 0) is 14.3 Å². The normalized spacial score (nSPS) is 14.9. The van der Waals surface area contributed by atoms with E-state index in [1.165, 1.54) is 0 Å². The van der Waals surface area contributed by atoms with Gasteiger partial charge in [0.25, 0.3) is 0 Å². The molecule has 0 aliphatic carbocycles. The zero-order valence-corrected chi connectivity index (χ0v) is 16.2. The van der Waals surface area contributed by atoms with Crippen LogP contribution in [0, 0.1) is 6.92 Å². The number of amides is 2. The zero-order chi connectivity index (χ0) is 18.9. The van der Waals surface area contributed by atoms with Gasteiger partial charge in [-0.15, -0.1) is 0 Å². The lowest BCUT2D eigenvalue weighted by Gasteiger charge is -2.30. The molecule has 0 saturated carbocycles. The summed E-state index contributed by atoms with van der Waals surface area (Å²) in [7, 11) is 0. The molecule has 26 heavy (non-hydrogen) atoms. The maximum atomic E-state index is 12.7. The summed E-state index contributed by atoms with van der Waals surface area (Å²) in [5.41, 5.74) is 2.05. The minimum absolute atomic E-state index is 0.0182. The van der Waals surface area contributed by atoms with Crippen molar-refractivity contribution < 1.29 is 14.3 Å². The smallest absolute Gasteiger partial charge is 0.228 e. The van der Waals surface area contributed by atoms with Crippen LogP contribution in [0.3, 0.4) is 0 Å². The van der Waals surface area contributed by atoms with E-state index in [1.54, 1.807) is 16.7 Å². The average molecular weight is 361 g/mol. The quantitative estimate of drug-likeness (QED) is 0.710. The van der Waals surface area contributed by atoms with E-state index in [4.69, 9.17) is 4.74 Å². The molecule has 144 valence electrons. The standard InChI is InChI=1S/C20H31N3O3/c1-4-23(19-7-5-6-17(2)16-19)20(25)8-9-22(18(3)24)11-10-21-12-14-26-15-13-21/h5-7,16H,4,8-15H2,1-3H3. The summed E-state index contributed by atoms with van der Waals surface area (Å²) in [6, 6.07) is 7.95. The van der Waals surface area contributed by atoms with E-state index >= 15 is 0 Å². The van der Waals surface area contributed by atoms with Gasteiger partial charge in [-0.1, -0.05) is 12.1 Å². The van der Waals surface area contributed by atoms with Gasteiger partial charge in [0, 0.05) is 58.3 Å². The number of hydrogen-bond donors (Lipinski definition) is 0. The molecule has 6 heteroatoms. The van der Waals surface area contributed by atoms with Crippen molar-refractivity contribution in [3.8, 4) is 0 Å². The molecule has 1 saturated heterocycles. The van der Waals surface area contributed by atoms with Crippen molar-refractivity contribution in [3.05, 3.63) is 29.8 Å². The van der Waals surface area contributed by atoms with E-state index in [2.05, 4.69) is 4.90 Å². The molecule has 0 spiro atoms. The van der Waals surface area contributed by atoms with E-state index in [-0.39, 0.29) is 11.8 Å². The van der Waals surface area contributed by atoms with E-state index in [0.717, 1.165) is 44.1 Å². The fourth-order valence-corrected chi connectivity index (χ4v) is 3.18. The minimum Gasteiger partial charge on any atom is -0.379 e. The van der Waals surface area contributed by atoms with E-state index in [0.29, 0.717) is 26.1 Å². The second kappa shape index (κ2) is 10.3. The monoisotopic (exact) mass is 361 g/mol. The third-order valence-electron chi connectivity index (χ3n) is 4.76. The number of rotatable bonds is 8. The highest BCUT2D eigenvalue weighted by molar-refractivity contribution is 5.93. The lowest BCUT2D eigenvalue weighted by atomic mass is 10.2. The summed E-state index contributed by atoms with van der Waals surface area (Å²) in [5, 5.41) is 0. The highest BCUT2D eigenvalue weighted by Crippen LogP contribution is 2.17. The molecule has 6 nitrogen and oxygen atoms in total. The Labute approximate surface area is 156 Å². The Morgan fingerprint density at radius 3 is 2.54 bits per heavy atom. The number of hydrogen-bond acceptors (Lipinski definition) is 4. The number of ether oxygens (including phenoxy) is 1. The summed E-state index contributed by atoms with van der Waals surface area (Å²) in [5.74, 6) is 0.0698. The largest absolute Gasteiger partial charge is 0.379 e. The summed E-state index contributed by atoms with van der Waals surface area (Å²) < 4.78 is 5.35. The fraction of sp³-hybridized carbons (Fsp3) is 0.600. The van der Waals surface area contributed by atoms with Crippen molar-refractivity contribution in [2.45, 2.75) is 27.2 Å². The number of nitrogens with zero attached hydrogens (tertiary/aromatic N) is 3. The third-order valence-corrected chi connectivity index (χ3v) is 4.76. The van der Waals surface area contributed by atoms with Crippen molar-refractivity contribution in [2.75, 3.05) is 57.4 Å². The number of aryl methyl sites for hydroxylation is 1. The van der Waals surface area contributed by atoms with E-state index in [1.807, 2.05) is 38.1 Å². The number of anilines is 1. The molecule has 1 fully saturated rings. The first-order valence-electron chi connectivity index (χ1n) is 9.44. The first-order valence-corrected chi connectivity index (χ1v) is 9.44. The zero-order valence-electron chi connectivity index (χ0n) is 16.2. The van der Waals surface area contributed by atoms with Gasteiger partial charge in [0.05, 0.1) is 13.2 Å². The predicted octanol–water partition coefficient (Wildman–Crippen LogP) is 1.92.